The Kier molecular flexibility index (Phi) is 8.58. The molecule has 48 heavy (non-hydrogen) atoms. The quantitative estimate of drug-likeness (QED) is 0.230. The molecule has 0 spiro atoms. The van der Waals surface area contributed by atoms with E-state index in [1.807, 2.05) is 84.9 Å². The minimum atomic E-state index is -1.24. The zero-order chi connectivity index (χ0) is 33.4. The fourth-order valence-corrected chi connectivity index (χ4v) is 7.98. The summed E-state index contributed by atoms with van der Waals surface area (Å²) in [4.78, 5) is 58.8. The molecule has 2 saturated heterocycles. The molecule has 3 amide bonds. The molecule has 1 N–H and O–H groups in total. The van der Waals surface area contributed by atoms with Gasteiger partial charge in [-0.25, -0.2) is 8.78 Å². The third-order valence-corrected chi connectivity index (χ3v) is 10.1. The van der Waals surface area contributed by atoms with E-state index in [0.717, 1.165) is 28.3 Å². The smallest absolute Gasteiger partial charge is 0.256 e. The monoisotopic (exact) mass is 663 g/mol. The molecule has 5 aromatic rings. The lowest BCUT2D eigenvalue weighted by molar-refractivity contribution is -0.140. The van der Waals surface area contributed by atoms with Crippen LogP contribution in [0.2, 0.25) is 0 Å². The van der Waals surface area contributed by atoms with Crippen LogP contribution in [0, 0.1) is 11.6 Å². The molecule has 1 aromatic heterocycles. The van der Waals surface area contributed by atoms with Gasteiger partial charge in [-0.2, -0.15) is 0 Å². The normalized spacial score (nSPS) is 17.9. The molecule has 242 valence electrons. The number of benzene rings is 4. The molecule has 7 rings (SSSR count). The first-order chi connectivity index (χ1) is 23.3. The predicted molar refractivity (Wildman–Crippen MR) is 178 cm³/mol. The number of nitrogens with zero attached hydrogens (tertiary/aromatic N) is 2. The Morgan fingerprint density at radius 2 is 1.46 bits per heavy atom. The van der Waals surface area contributed by atoms with Crippen LogP contribution in [0.5, 0.6) is 0 Å². The fourth-order valence-electron chi connectivity index (χ4n) is 7.04. The summed E-state index contributed by atoms with van der Waals surface area (Å²) in [6.07, 6.45) is 0.170. The van der Waals surface area contributed by atoms with Gasteiger partial charge in [-0.15, -0.1) is 11.3 Å². The van der Waals surface area contributed by atoms with Crippen LogP contribution in [-0.2, 0) is 20.8 Å². The Bertz CT molecular complexity index is 1960. The van der Waals surface area contributed by atoms with E-state index in [0.29, 0.717) is 23.1 Å². The molecule has 0 aliphatic carbocycles. The number of thiophene rings is 1. The van der Waals surface area contributed by atoms with Gasteiger partial charge in [0.1, 0.15) is 23.7 Å². The summed E-state index contributed by atoms with van der Waals surface area (Å²) < 4.78 is 29.5. The highest BCUT2D eigenvalue weighted by Crippen LogP contribution is 2.34. The van der Waals surface area contributed by atoms with Crippen LogP contribution < -0.4 is 5.32 Å². The van der Waals surface area contributed by atoms with Crippen LogP contribution in [-0.4, -0.2) is 64.5 Å². The van der Waals surface area contributed by atoms with Crippen LogP contribution in [0.25, 0.3) is 10.1 Å². The average Bonchev–Trinajstić information content (AvgIpc) is 3.80. The molecule has 0 bridgehead atoms. The molecule has 2 fully saturated rings. The average molecular weight is 664 g/mol. The zero-order valence-corrected chi connectivity index (χ0v) is 26.5. The molecule has 0 saturated carbocycles. The van der Waals surface area contributed by atoms with Crippen molar-refractivity contribution in [1.29, 1.82) is 0 Å². The van der Waals surface area contributed by atoms with Crippen molar-refractivity contribution in [3.05, 3.63) is 142 Å². The van der Waals surface area contributed by atoms with Gasteiger partial charge in [0.15, 0.2) is 5.78 Å². The lowest BCUT2D eigenvalue weighted by Crippen LogP contribution is -2.54. The number of likely N-dealkylation sites (tertiary alicyclic amines) is 2. The van der Waals surface area contributed by atoms with E-state index in [4.69, 9.17) is 0 Å². The van der Waals surface area contributed by atoms with E-state index >= 15 is 0 Å². The van der Waals surface area contributed by atoms with Crippen molar-refractivity contribution >= 4 is 44.9 Å². The van der Waals surface area contributed by atoms with Gasteiger partial charge in [0.05, 0.1) is 24.1 Å². The Morgan fingerprint density at radius 1 is 0.833 bits per heavy atom. The van der Waals surface area contributed by atoms with Gasteiger partial charge < -0.3 is 15.1 Å². The molecule has 2 unspecified atom stereocenters. The zero-order valence-electron chi connectivity index (χ0n) is 25.7. The summed E-state index contributed by atoms with van der Waals surface area (Å²) >= 11 is 1.45. The van der Waals surface area contributed by atoms with E-state index < -0.39 is 47.5 Å². The lowest BCUT2D eigenvalue weighted by Gasteiger charge is -2.29. The Labute approximate surface area is 279 Å². The number of nitrogens with one attached hydrogen (secondary N) is 1. The minimum Gasteiger partial charge on any atom is -0.343 e. The highest BCUT2D eigenvalue weighted by Gasteiger charge is 2.52. The third kappa shape index (κ3) is 5.99. The molecule has 10 heteroatoms. The van der Waals surface area contributed by atoms with E-state index in [9.17, 15) is 28.0 Å². The van der Waals surface area contributed by atoms with Crippen molar-refractivity contribution in [2.24, 2.45) is 0 Å². The summed E-state index contributed by atoms with van der Waals surface area (Å²) in [6, 6.07) is 26.1. The molecule has 0 radical (unpaired) electrons. The Morgan fingerprint density at radius 3 is 2.12 bits per heavy atom. The molecular formula is C38H31F2N3O4S. The van der Waals surface area contributed by atoms with Crippen molar-refractivity contribution in [2.45, 2.75) is 36.9 Å². The standard InChI is InChI=1S/C38H31F2N3O4S/c39-26-17-23(18-27(40)20-26)19-30(41-36(45)34(24-9-3-1-4-10-24)25-11-5-2-6-12-25)38(47)42-16-15-31-35(42)32(44)21-43(31)37(46)29-22-48-33-14-8-7-13-28(29)33/h1-14,17-18,20,22,30-31,34-35H,15-16,19,21H2,(H,41,45)/t30-,31?,35?/m0/s1. The fraction of sp³-hybridized carbons (Fsp3) is 0.211. The Balaban J connectivity index is 1.18. The second-order valence-corrected chi connectivity index (χ2v) is 13.1. The highest BCUT2D eigenvalue weighted by molar-refractivity contribution is 7.17. The number of hydrogen-bond acceptors (Lipinski definition) is 5. The summed E-state index contributed by atoms with van der Waals surface area (Å²) in [5.74, 6) is -3.96. The van der Waals surface area contributed by atoms with Crippen molar-refractivity contribution < 1.29 is 28.0 Å². The topological polar surface area (TPSA) is 86.8 Å². The van der Waals surface area contributed by atoms with E-state index in [2.05, 4.69) is 5.32 Å². The van der Waals surface area contributed by atoms with Gasteiger partial charge in [0, 0.05) is 34.5 Å². The SMILES string of the molecule is O=C(N[C@@H](Cc1cc(F)cc(F)c1)C(=O)N1CCC2C1C(=O)CN2C(=O)c1csc2ccccc12)C(c1ccccc1)c1ccccc1. The van der Waals surface area contributed by atoms with Crippen molar-refractivity contribution in [1.82, 2.24) is 15.1 Å². The third-order valence-electron chi connectivity index (χ3n) is 9.18. The number of Topliss-reactive ketones (excluding diaryl/α,β-unsaturated/α-hetero) is 1. The second kappa shape index (κ2) is 13.1. The number of halogens is 2. The number of hydrogen-bond donors (Lipinski definition) is 1. The van der Waals surface area contributed by atoms with Crippen LogP contribution in [0.4, 0.5) is 8.78 Å². The molecule has 4 aromatic carbocycles. The summed E-state index contributed by atoms with van der Waals surface area (Å²) in [5, 5.41) is 5.49. The summed E-state index contributed by atoms with van der Waals surface area (Å²) in [5.41, 5.74) is 2.09. The van der Waals surface area contributed by atoms with Crippen LogP contribution >= 0.6 is 11.3 Å². The highest BCUT2D eigenvalue weighted by atomic mass is 32.1. The summed E-state index contributed by atoms with van der Waals surface area (Å²) in [7, 11) is 0. The predicted octanol–water partition coefficient (Wildman–Crippen LogP) is 5.73. The first-order valence-electron chi connectivity index (χ1n) is 15.7. The molecule has 3 atom stereocenters. The van der Waals surface area contributed by atoms with Crippen molar-refractivity contribution in [3.63, 3.8) is 0 Å². The molecule has 7 nitrogen and oxygen atoms in total. The number of carbonyl (C=O) groups excluding carboxylic acids is 4. The maximum absolute atomic E-state index is 14.4. The Hall–Kier alpha value is -5.22. The van der Waals surface area contributed by atoms with E-state index in [1.165, 1.54) is 16.2 Å². The molecular weight excluding hydrogens is 632 g/mol. The number of rotatable bonds is 8. The molecule has 2 aliphatic rings. The maximum Gasteiger partial charge on any atom is 0.256 e. The first kappa shape index (κ1) is 31.4. The molecule has 3 heterocycles. The number of fused-ring (bicyclic) bond motifs is 2. The van der Waals surface area contributed by atoms with Crippen molar-refractivity contribution in [3.8, 4) is 0 Å². The van der Waals surface area contributed by atoms with Gasteiger partial charge in [0.2, 0.25) is 11.8 Å². The van der Waals surface area contributed by atoms with Crippen LogP contribution in [0.1, 0.15) is 39.4 Å². The van der Waals surface area contributed by atoms with Gasteiger partial charge >= 0.3 is 0 Å². The maximum atomic E-state index is 14.4. The van der Waals surface area contributed by atoms with E-state index in [1.54, 1.807) is 10.3 Å². The number of carbonyl (C=O) groups is 4. The van der Waals surface area contributed by atoms with Crippen molar-refractivity contribution in [2.75, 3.05) is 13.1 Å². The van der Waals surface area contributed by atoms with Gasteiger partial charge in [0.25, 0.3) is 5.91 Å². The summed E-state index contributed by atoms with van der Waals surface area (Å²) in [6.45, 7) is 0.0388. The number of amides is 3. The van der Waals surface area contributed by atoms with Crippen LogP contribution in [0.15, 0.2) is 109 Å². The van der Waals surface area contributed by atoms with Gasteiger partial charge in [-0.05, 0) is 41.3 Å². The lowest BCUT2D eigenvalue weighted by atomic mass is 9.90. The second-order valence-electron chi connectivity index (χ2n) is 12.2. The van der Waals surface area contributed by atoms with E-state index in [-0.39, 0.29) is 36.8 Å². The first-order valence-corrected chi connectivity index (χ1v) is 16.6. The number of ketones is 1. The molecule has 2 aliphatic heterocycles. The minimum absolute atomic E-state index is 0.141. The van der Waals surface area contributed by atoms with Crippen LogP contribution in [0.3, 0.4) is 0 Å². The largest absolute Gasteiger partial charge is 0.343 e. The van der Waals surface area contributed by atoms with Gasteiger partial charge in [-0.3, -0.25) is 19.2 Å². The van der Waals surface area contributed by atoms with Gasteiger partial charge in [-0.1, -0.05) is 78.9 Å².